The average Bonchev–Trinajstić information content (AvgIpc) is 2.58. The Morgan fingerprint density at radius 2 is 1.83 bits per heavy atom. The highest BCUT2D eigenvalue weighted by Crippen LogP contribution is 2.26. The zero-order chi connectivity index (χ0) is 8.39. The summed E-state index contributed by atoms with van der Waals surface area (Å²) in [4.78, 5) is 0. The van der Waals surface area contributed by atoms with Crippen molar-refractivity contribution >= 4 is 21.0 Å². The largest absolute Gasteiger partial charge is 0.0807 e. The summed E-state index contributed by atoms with van der Waals surface area (Å²) in [6.45, 7) is 0. The Hall–Kier alpha value is -0.823. The van der Waals surface area contributed by atoms with E-state index in [0.29, 0.717) is 0 Å². The molecule has 0 aliphatic heterocycles. The predicted molar refractivity (Wildman–Crippen MR) is 57.8 cm³/mol. The summed E-state index contributed by atoms with van der Waals surface area (Å²) in [6, 6.07) is 9.03. The van der Waals surface area contributed by atoms with Crippen molar-refractivity contribution in [1.29, 1.82) is 0 Å². The number of hydrogen-bond donors (Lipinski definition) is 0. The maximum absolute atomic E-state index is 2.38. The molecule has 0 spiro atoms. The van der Waals surface area contributed by atoms with Crippen LogP contribution in [0.4, 0.5) is 0 Å². The Balaban J connectivity index is 2.28. The molecule has 0 saturated carbocycles. The average molecular weight is 174 g/mol. The van der Waals surface area contributed by atoms with Crippen molar-refractivity contribution in [3.05, 3.63) is 35.9 Å². The van der Waals surface area contributed by atoms with E-state index in [2.05, 4.69) is 30.3 Å². The summed E-state index contributed by atoms with van der Waals surface area (Å²) in [5, 5.41) is 1.48. The van der Waals surface area contributed by atoms with Crippen LogP contribution in [0, 0.1) is 0 Å². The minimum atomic E-state index is 1.17. The molecule has 1 aromatic rings. The lowest BCUT2D eigenvalue weighted by Gasteiger charge is -2.01. The Labute approximate surface area is 76.7 Å². The molecular weight excluding hydrogens is 160 g/mol. The van der Waals surface area contributed by atoms with Crippen LogP contribution in [0.2, 0.25) is 0 Å². The molecule has 1 aliphatic rings. The van der Waals surface area contributed by atoms with Gasteiger partial charge in [0.15, 0.2) is 0 Å². The van der Waals surface area contributed by atoms with Crippen LogP contribution in [0.15, 0.2) is 30.3 Å². The van der Waals surface area contributed by atoms with E-state index in [4.69, 9.17) is 0 Å². The highest BCUT2D eigenvalue weighted by Gasteiger charge is 2.05. The first-order valence-electron chi connectivity index (χ1n) is 4.62. The SMILES string of the molecule is [SiH3]c1ccc(C2=CCCC2)cc1. The van der Waals surface area contributed by atoms with Crippen molar-refractivity contribution in [3.63, 3.8) is 0 Å². The number of rotatable bonds is 1. The third kappa shape index (κ3) is 1.51. The standard InChI is InChI=1S/C11H14Si/c12-11-7-5-10(6-8-11)9-3-1-2-4-9/h3,5-8H,1-2,4H2,12H3. The molecule has 1 aliphatic carbocycles. The van der Waals surface area contributed by atoms with Crippen LogP contribution in [0.1, 0.15) is 24.8 Å². The summed E-state index contributed by atoms with van der Waals surface area (Å²) in [5.74, 6) is 0. The molecule has 0 heterocycles. The van der Waals surface area contributed by atoms with E-state index < -0.39 is 0 Å². The third-order valence-electron chi connectivity index (χ3n) is 2.46. The van der Waals surface area contributed by atoms with Crippen molar-refractivity contribution in [2.24, 2.45) is 0 Å². The predicted octanol–water partition coefficient (Wildman–Crippen LogP) is 1.24. The zero-order valence-electron chi connectivity index (χ0n) is 7.51. The first kappa shape index (κ1) is 7.81. The summed E-state index contributed by atoms with van der Waals surface area (Å²) < 4.78 is 0. The Morgan fingerprint density at radius 3 is 2.42 bits per heavy atom. The molecule has 12 heavy (non-hydrogen) atoms. The van der Waals surface area contributed by atoms with Crippen LogP contribution >= 0.6 is 0 Å². The van der Waals surface area contributed by atoms with Crippen LogP contribution < -0.4 is 5.19 Å². The van der Waals surface area contributed by atoms with E-state index in [1.807, 2.05) is 0 Å². The normalized spacial score (nSPS) is 16.5. The highest BCUT2D eigenvalue weighted by molar-refractivity contribution is 6.32. The molecular formula is C11H14Si. The van der Waals surface area contributed by atoms with Crippen molar-refractivity contribution in [2.45, 2.75) is 19.3 Å². The molecule has 0 radical (unpaired) electrons. The summed E-state index contributed by atoms with van der Waals surface area (Å²) in [6.07, 6.45) is 6.28. The lowest BCUT2D eigenvalue weighted by Crippen LogP contribution is -1.99. The van der Waals surface area contributed by atoms with Gasteiger partial charge in [-0.3, -0.25) is 0 Å². The van der Waals surface area contributed by atoms with Crippen molar-refractivity contribution < 1.29 is 0 Å². The first-order chi connectivity index (χ1) is 5.86. The molecule has 0 unspecified atom stereocenters. The molecule has 0 saturated heterocycles. The molecule has 0 atom stereocenters. The van der Waals surface area contributed by atoms with Gasteiger partial charge in [0.2, 0.25) is 0 Å². The fraction of sp³-hybridized carbons (Fsp3) is 0.273. The van der Waals surface area contributed by atoms with E-state index in [1.54, 1.807) is 5.57 Å². The fourth-order valence-corrected chi connectivity index (χ4v) is 2.03. The molecule has 0 bridgehead atoms. The van der Waals surface area contributed by atoms with Crippen LogP contribution in [-0.4, -0.2) is 10.2 Å². The van der Waals surface area contributed by atoms with E-state index >= 15 is 0 Å². The van der Waals surface area contributed by atoms with Gasteiger partial charge in [0.05, 0.1) is 0 Å². The quantitative estimate of drug-likeness (QED) is 0.562. The second kappa shape index (κ2) is 3.28. The van der Waals surface area contributed by atoms with Crippen LogP contribution in [0.5, 0.6) is 0 Å². The molecule has 2 rings (SSSR count). The monoisotopic (exact) mass is 174 g/mol. The second-order valence-electron chi connectivity index (χ2n) is 3.49. The van der Waals surface area contributed by atoms with Gasteiger partial charge in [0, 0.05) is 10.2 Å². The topological polar surface area (TPSA) is 0 Å². The van der Waals surface area contributed by atoms with E-state index in [1.165, 1.54) is 40.3 Å². The van der Waals surface area contributed by atoms with Crippen LogP contribution in [0.25, 0.3) is 5.57 Å². The molecule has 0 amide bonds. The molecule has 0 nitrogen and oxygen atoms in total. The molecule has 1 aromatic carbocycles. The summed E-state index contributed by atoms with van der Waals surface area (Å²) in [5.41, 5.74) is 2.99. The van der Waals surface area contributed by atoms with Crippen LogP contribution in [-0.2, 0) is 0 Å². The first-order valence-corrected chi connectivity index (χ1v) is 5.62. The minimum Gasteiger partial charge on any atom is -0.0807 e. The second-order valence-corrected chi connectivity index (χ2v) is 4.64. The minimum absolute atomic E-state index is 1.17. The lowest BCUT2D eigenvalue weighted by atomic mass is 10.1. The molecule has 1 heteroatoms. The smallest absolute Gasteiger partial charge is 0.0384 e. The third-order valence-corrected chi connectivity index (χ3v) is 3.13. The lowest BCUT2D eigenvalue weighted by molar-refractivity contribution is 0.935. The number of hydrogen-bond acceptors (Lipinski definition) is 0. The van der Waals surface area contributed by atoms with E-state index in [0.717, 1.165) is 0 Å². The maximum Gasteiger partial charge on any atom is 0.0384 e. The molecule has 0 fully saturated rings. The van der Waals surface area contributed by atoms with E-state index in [9.17, 15) is 0 Å². The Morgan fingerprint density at radius 1 is 1.08 bits per heavy atom. The van der Waals surface area contributed by atoms with Gasteiger partial charge in [-0.25, -0.2) is 0 Å². The van der Waals surface area contributed by atoms with Crippen LogP contribution in [0.3, 0.4) is 0 Å². The van der Waals surface area contributed by atoms with Crippen molar-refractivity contribution in [2.75, 3.05) is 0 Å². The van der Waals surface area contributed by atoms with Gasteiger partial charge in [-0.1, -0.05) is 35.5 Å². The van der Waals surface area contributed by atoms with Gasteiger partial charge in [-0.2, -0.15) is 0 Å². The number of allylic oxidation sites excluding steroid dienone is 2. The van der Waals surface area contributed by atoms with Gasteiger partial charge in [-0.15, -0.1) is 0 Å². The number of benzene rings is 1. The summed E-state index contributed by atoms with van der Waals surface area (Å²) in [7, 11) is 1.17. The molecule has 62 valence electrons. The van der Waals surface area contributed by atoms with Gasteiger partial charge >= 0.3 is 0 Å². The van der Waals surface area contributed by atoms with E-state index in [-0.39, 0.29) is 0 Å². The Kier molecular flexibility index (Phi) is 2.13. The zero-order valence-corrected chi connectivity index (χ0v) is 9.51. The Bertz CT molecular complexity index is 295. The van der Waals surface area contributed by atoms with Gasteiger partial charge in [0.25, 0.3) is 0 Å². The molecule has 0 aromatic heterocycles. The van der Waals surface area contributed by atoms with Crippen molar-refractivity contribution in [1.82, 2.24) is 0 Å². The summed E-state index contributed by atoms with van der Waals surface area (Å²) >= 11 is 0. The van der Waals surface area contributed by atoms with Crippen molar-refractivity contribution in [3.8, 4) is 0 Å². The maximum atomic E-state index is 2.38. The molecule has 0 N–H and O–H groups in total. The fourth-order valence-electron chi connectivity index (χ4n) is 1.70. The van der Waals surface area contributed by atoms with Gasteiger partial charge in [0.1, 0.15) is 0 Å². The van der Waals surface area contributed by atoms with Gasteiger partial charge in [-0.05, 0) is 30.4 Å². The highest BCUT2D eigenvalue weighted by atomic mass is 28.1. The van der Waals surface area contributed by atoms with Gasteiger partial charge < -0.3 is 0 Å².